The number of rotatable bonds is 1. The Balaban J connectivity index is 1.97. The molecule has 1 heterocycles. The van der Waals surface area contributed by atoms with Crippen molar-refractivity contribution in [3.8, 4) is 0 Å². The van der Waals surface area contributed by atoms with E-state index in [4.69, 9.17) is 5.11 Å². The van der Waals surface area contributed by atoms with E-state index < -0.39 is 0 Å². The third-order valence-electron chi connectivity index (χ3n) is 3.95. The molecule has 2 unspecified atom stereocenters. The molecule has 1 N–H and O–H groups in total. The van der Waals surface area contributed by atoms with E-state index in [0.717, 1.165) is 32.4 Å². The van der Waals surface area contributed by atoms with Gasteiger partial charge in [-0.1, -0.05) is 0 Å². The predicted octanol–water partition coefficient (Wildman–Crippen LogP) is 1.02. The summed E-state index contributed by atoms with van der Waals surface area (Å²) in [4.78, 5) is 13.2. The maximum Gasteiger partial charge on any atom is 0.219 e. The maximum absolute atomic E-state index is 11.2. The molecule has 2 aliphatic rings. The number of amides is 1. The van der Waals surface area contributed by atoms with Crippen molar-refractivity contribution in [2.75, 3.05) is 19.7 Å². The second kappa shape index (κ2) is 3.54. The second-order valence-electron chi connectivity index (χ2n) is 4.98. The standard InChI is InChI=1S/C11H19NO2/c1-9(14)12-5-4-11(8-12)3-2-10(6-11)7-13/h10,13H,2-8H2,1H3. The fraction of sp³-hybridized carbons (Fsp3) is 0.909. The molecule has 1 spiro atoms. The first kappa shape index (κ1) is 9.97. The topological polar surface area (TPSA) is 40.5 Å². The first-order valence-electron chi connectivity index (χ1n) is 5.52. The molecule has 2 rings (SSSR count). The lowest BCUT2D eigenvalue weighted by Gasteiger charge is -2.23. The summed E-state index contributed by atoms with van der Waals surface area (Å²) in [7, 11) is 0. The SMILES string of the molecule is CC(=O)N1CCC2(CCC(CO)C2)C1. The zero-order valence-corrected chi connectivity index (χ0v) is 8.83. The number of aliphatic hydroxyl groups is 1. The lowest BCUT2D eigenvalue weighted by Crippen LogP contribution is -2.29. The third kappa shape index (κ3) is 1.65. The Hall–Kier alpha value is -0.570. The lowest BCUT2D eigenvalue weighted by atomic mass is 9.84. The van der Waals surface area contributed by atoms with Gasteiger partial charge in [-0.2, -0.15) is 0 Å². The van der Waals surface area contributed by atoms with Gasteiger partial charge in [0.15, 0.2) is 0 Å². The van der Waals surface area contributed by atoms with Gasteiger partial charge in [0.05, 0.1) is 0 Å². The van der Waals surface area contributed by atoms with Gasteiger partial charge in [0.2, 0.25) is 5.91 Å². The highest BCUT2D eigenvalue weighted by atomic mass is 16.3. The summed E-state index contributed by atoms with van der Waals surface area (Å²) in [5.74, 6) is 0.691. The number of carbonyl (C=O) groups excluding carboxylic acids is 1. The quantitative estimate of drug-likeness (QED) is 0.681. The normalized spacial score (nSPS) is 37.0. The van der Waals surface area contributed by atoms with Crippen LogP contribution in [0.2, 0.25) is 0 Å². The Morgan fingerprint density at radius 1 is 1.57 bits per heavy atom. The van der Waals surface area contributed by atoms with Crippen molar-refractivity contribution in [2.24, 2.45) is 11.3 Å². The van der Waals surface area contributed by atoms with Gasteiger partial charge in [-0.3, -0.25) is 4.79 Å². The van der Waals surface area contributed by atoms with Crippen LogP contribution < -0.4 is 0 Å². The molecule has 80 valence electrons. The summed E-state index contributed by atoms with van der Waals surface area (Å²) in [5.41, 5.74) is 0.360. The van der Waals surface area contributed by atoms with Gasteiger partial charge in [0.1, 0.15) is 0 Å². The van der Waals surface area contributed by atoms with E-state index in [1.54, 1.807) is 6.92 Å². The molecular formula is C11H19NO2. The molecule has 0 aromatic carbocycles. The summed E-state index contributed by atoms with van der Waals surface area (Å²) in [6.07, 6.45) is 4.60. The van der Waals surface area contributed by atoms with Gasteiger partial charge >= 0.3 is 0 Å². The Morgan fingerprint density at radius 2 is 2.36 bits per heavy atom. The molecule has 0 aromatic heterocycles. The van der Waals surface area contributed by atoms with Crippen LogP contribution in [0.1, 0.15) is 32.6 Å². The van der Waals surface area contributed by atoms with Crippen LogP contribution in [-0.4, -0.2) is 35.6 Å². The van der Waals surface area contributed by atoms with Crippen molar-refractivity contribution in [1.82, 2.24) is 4.90 Å². The molecular weight excluding hydrogens is 178 g/mol. The zero-order chi connectivity index (χ0) is 10.2. The zero-order valence-electron chi connectivity index (χ0n) is 8.83. The number of likely N-dealkylation sites (tertiary alicyclic amines) is 1. The maximum atomic E-state index is 11.2. The molecule has 2 fully saturated rings. The Labute approximate surface area is 85.1 Å². The van der Waals surface area contributed by atoms with E-state index >= 15 is 0 Å². The molecule has 1 saturated carbocycles. The van der Waals surface area contributed by atoms with Crippen LogP contribution in [0.15, 0.2) is 0 Å². The van der Waals surface area contributed by atoms with Crippen molar-refractivity contribution in [2.45, 2.75) is 32.6 Å². The molecule has 0 radical (unpaired) electrons. The second-order valence-corrected chi connectivity index (χ2v) is 4.98. The third-order valence-corrected chi connectivity index (χ3v) is 3.95. The van der Waals surface area contributed by atoms with Crippen LogP contribution in [0.3, 0.4) is 0 Å². The minimum Gasteiger partial charge on any atom is -0.396 e. The minimum atomic E-state index is 0.203. The molecule has 1 aliphatic carbocycles. The van der Waals surface area contributed by atoms with Crippen molar-refractivity contribution in [3.63, 3.8) is 0 Å². The van der Waals surface area contributed by atoms with E-state index in [0.29, 0.717) is 17.9 Å². The lowest BCUT2D eigenvalue weighted by molar-refractivity contribution is -0.128. The van der Waals surface area contributed by atoms with E-state index in [9.17, 15) is 4.79 Å². The number of hydrogen-bond acceptors (Lipinski definition) is 2. The van der Waals surface area contributed by atoms with Crippen molar-refractivity contribution >= 4 is 5.91 Å². The van der Waals surface area contributed by atoms with Crippen molar-refractivity contribution < 1.29 is 9.90 Å². The predicted molar refractivity (Wildman–Crippen MR) is 53.7 cm³/mol. The number of aliphatic hydroxyl groups excluding tert-OH is 1. The van der Waals surface area contributed by atoms with Crippen LogP contribution in [0.4, 0.5) is 0 Å². The van der Waals surface area contributed by atoms with Crippen LogP contribution in [0.25, 0.3) is 0 Å². The van der Waals surface area contributed by atoms with Gasteiger partial charge in [0.25, 0.3) is 0 Å². The average Bonchev–Trinajstić information content (AvgIpc) is 2.74. The minimum absolute atomic E-state index is 0.203. The summed E-state index contributed by atoms with van der Waals surface area (Å²) in [6, 6.07) is 0. The van der Waals surface area contributed by atoms with Crippen molar-refractivity contribution in [1.29, 1.82) is 0 Å². The summed E-state index contributed by atoms with van der Waals surface area (Å²) in [6.45, 7) is 3.83. The number of nitrogens with zero attached hydrogens (tertiary/aromatic N) is 1. The van der Waals surface area contributed by atoms with Crippen LogP contribution in [-0.2, 0) is 4.79 Å². The van der Waals surface area contributed by atoms with Crippen LogP contribution in [0.5, 0.6) is 0 Å². The Morgan fingerprint density at radius 3 is 2.86 bits per heavy atom. The van der Waals surface area contributed by atoms with E-state index in [-0.39, 0.29) is 5.91 Å². The first-order valence-corrected chi connectivity index (χ1v) is 5.52. The molecule has 3 heteroatoms. The number of carbonyl (C=O) groups is 1. The van der Waals surface area contributed by atoms with Gasteiger partial charge < -0.3 is 10.0 Å². The summed E-state index contributed by atoms with van der Waals surface area (Å²) >= 11 is 0. The average molecular weight is 197 g/mol. The molecule has 1 amide bonds. The molecule has 2 atom stereocenters. The highest BCUT2D eigenvalue weighted by Crippen LogP contribution is 2.47. The fourth-order valence-corrected chi connectivity index (χ4v) is 3.06. The first-order chi connectivity index (χ1) is 6.65. The Kier molecular flexibility index (Phi) is 2.52. The van der Waals surface area contributed by atoms with E-state index in [1.807, 2.05) is 4.90 Å². The highest BCUT2D eigenvalue weighted by Gasteiger charge is 2.44. The number of hydrogen-bond donors (Lipinski definition) is 1. The van der Waals surface area contributed by atoms with E-state index in [1.165, 1.54) is 6.42 Å². The van der Waals surface area contributed by atoms with Crippen LogP contribution in [0, 0.1) is 11.3 Å². The molecule has 1 saturated heterocycles. The van der Waals surface area contributed by atoms with Gasteiger partial charge in [-0.25, -0.2) is 0 Å². The van der Waals surface area contributed by atoms with Gasteiger partial charge in [0, 0.05) is 26.6 Å². The molecule has 0 bridgehead atoms. The monoisotopic (exact) mass is 197 g/mol. The molecule has 0 aromatic rings. The van der Waals surface area contributed by atoms with Gasteiger partial charge in [-0.05, 0) is 37.0 Å². The smallest absolute Gasteiger partial charge is 0.219 e. The van der Waals surface area contributed by atoms with Gasteiger partial charge in [-0.15, -0.1) is 0 Å². The van der Waals surface area contributed by atoms with E-state index in [2.05, 4.69) is 0 Å². The summed E-state index contributed by atoms with van der Waals surface area (Å²) in [5, 5.41) is 9.10. The summed E-state index contributed by atoms with van der Waals surface area (Å²) < 4.78 is 0. The largest absolute Gasteiger partial charge is 0.396 e. The van der Waals surface area contributed by atoms with Crippen LogP contribution >= 0.6 is 0 Å². The highest BCUT2D eigenvalue weighted by molar-refractivity contribution is 5.73. The Bertz CT molecular complexity index is 241. The molecule has 1 aliphatic heterocycles. The fourth-order valence-electron chi connectivity index (χ4n) is 3.06. The van der Waals surface area contributed by atoms with Crippen molar-refractivity contribution in [3.05, 3.63) is 0 Å². The molecule has 3 nitrogen and oxygen atoms in total. The molecule has 14 heavy (non-hydrogen) atoms.